The zero-order chi connectivity index (χ0) is 16.2. The summed E-state index contributed by atoms with van der Waals surface area (Å²) < 4.78 is 0. The van der Waals surface area contributed by atoms with Crippen molar-refractivity contribution < 1.29 is 9.59 Å². The van der Waals surface area contributed by atoms with Crippen LogP contribution >= 0.6 is 11.8 Å². The van der Waals surface area contributed by atoms with E-state index >= 15 is 0 Å². The van der Waals surface area contributed by atoms with Gasteiger partial charge in [-0.05, 0) is 56.6 Å². The van der Waals surface area contributed by atoms with E-state index in [9.17, 15) is 9.59 Å². The van der Waals surface area contributed by atoms with Crippen molar-refractivity contribution in [2.75, 3.05) is 11.6 Å². The first-order valence-corrected chi connectivity index (χ1v) is 9.69. The molecule has 4 nitrogen and oxygen atoms in total. The Balaban J connectivity index is 1.59. The van der Waals surface area contributed by atoms with Gasteiger partial charge in [0, 0.05) is 28.5 Å². The van der Waals surface area contributed by atoms with E-state index in [0.717, 1.165) is 25.7 Å². The van der Waals surface area contributed by atoms with Crippen molar-refractivity contribution in [3.63, 3.8) is 0 Å². The molecule has 0 unspecified atom stereocenters. The lowest BCUT2D eigenvalue weighted by Crippen LogP contribution is -2.39. The molecule has 1 aromatic carbocycles. The van der Waals surface area contributed by atoms with Crippen LogP contribution in [0.3, 0.4) is 0 Å². The second-order valence-electron chi connectivity index (χ2n) is 6.54. The van der Waals surface area contributed by atoms with Gasteiger partial charge in [0.2, 0.25) is 5.91 Å². The van der Waals surface area contributed by atoms with E-state index in [4.69, 9.17) is 0 Å². The number of anilines is 1. The van der Waals surface area contributed by atoms with Crippen LogP contribution in [0.25, 0.3) is 0 Å². The van der Waals surface area contributed by atoms with Gasteiger partial charge < -0.3 is 10.6 Å². The summed E-state index contributed by atoms with van der Waals surface area (Å²) in [6.45, 7) is 0. The predicted octanol–water partition coefficient (Wildman–Crippen LogP) is 3.44. The molecule has 2 aliphatic carbocycles. The molecule has 1 aromatic rings. The molecule has 0 spiro atoms. The van der Waals surface area contributed by atoms with Crippen LogP contribution in [0.1, 0.15) is 48.9 Å². The molecular formula is C18H24N2O2S. The molecule has 0 radical (unpaired) electrons. The van der Waals surface area contributed by atoms with Gasteiger partial charge in [-0.2, -0.15) is 11.8 Å². The summed E-state index contributed by atoms with van der Waals surface area (Å²) in [5.41, 5.74) is 1.32. The van der Waals surface area contributed by atoms with E-state index < -0.39 is 0 Å². The minimum Gasteiger partial charge on any atom is -0.349 e. The fourth-order valence-corrected chi connectivity index (χ4v) is 3.91. The van der Waals surface area contributed by atoms with Gasteiger partial charge in [0.25, 0.3) is 5.91 Å². The van der Waals surface area contributed by atoms with E-state index in [-0.39, 0.29) is 23.8 Å². The first-order chi connectivity index (χ1) is 11.2. The number of carbonyl (C=O) groups is 2. The molecule has 0 aromatic heterocycles. The fraction of sp³-hybridized carbons (Fsp3) is 0.556. The lowest BCUT2D eigenvalue weighted by Gasteiger charge is -2.28. The molecule has 2 fully saturated rings. The molecule has 5 heteroatoms. The molecule has 0 heterocycles. The van der Waals surface area contributed by atoms with E-state index in [2.05, 4.69) is 16.9 Å². The Morgan fingerprint density at radius 2 is 2.00 bits per heavy atom. The molecule has 124 valence electrons. The number of thioether (sulfide) groups is 1. The third kappa shape index (κ3) is 4.50. The van der Waals surface area contributed by atoms with Crippen LogP contribution in [0.15, 0.2) is 24.3 Å². The highest BCUT2D eigenvalue weighted by Crippen LogP contribution is 2.30. The summed E-state index contributed by atoms with van der Waals surface area (Å²) in [6, 6.07) is 7.49. The van der Waals surface area contributed by atoms with Crippen LogP contribution in [0.2, 0.25) is 0 Å². The number of nitrogens with one attached hydrogen (secondary N) is 2. The summed E-state index contributed by atoms with van der Waals surface area (Å²) in [6.07, 6.45) is 8.62. The van der Waals surface area contributed by atoms with Crippen molar-refractivity contribution in [1.29, 1.82) is 0 Å². The Hall–Kier alpha value is -1.49. The van der Waals surface area contributed by atoms with E-state index in [1.807, 2.05) is 23.9 Å². The summed E-state index contributed by atoms with van der Waals surface area (Å²) in [4.78, 5) is 24.3. The van der Waals surface area contributed by atoms with Gasteiger partial charge in [0.05, 0.1) is 0 Å². The van der Waals surface area contributed by atoms with Crippen molar-refractivity contribution in [3.05, 3.63) is 29.8 Å². The van der Waals surface area contributed by atoms with Crippen molar-refractivity contribution in [2.24, 2.45) is 5.92 Å². The number of rotatable bonds is 5. The highest BCUT2D eigenvalue weighted by Gasteiger charge is 2.29. The monoisotopic (exact) mass is 332 g/mol. The minimum atomic E-state index is -0.0423. The van der Waals surface area contributed by atoms with Gasteiger partial charge in [0.1, 0.15) is 0 Å². The van der Waals surface area contributed by atoms with Gasteiger partial charge >= 0.3 is 0 Å². The third-order valence-corrected chi connectivity index (χ3v) is 5.73. The second kappa shape index (κ2) is 7.39. The Kier molecular flexibility index (Phi) is 5.26. The topological polar surface area (TPSA) is 58.2 Å². The molecule has 2 atom stereocenters. The van der Waals surface area contributed by atoms with Crippen LogP contribution in [0.5, 0.6) is 0 Å². The SMILES string of the molecule is CS[C@@H]1CCC[C@@H](NC(=O)c2cccc(NC(=O)C3CC3)c2)C1. The van der Waals surface area contributed by atoms with Crippen molar-refractivity contribution in [2.45, 2.75) is 49.8 Å². The van der Waals surface area contributed by atoms with Crippen LogP contribution in [0.4, 0.5) is 5.69 Å². The molecule has 2 amide bonds. The quantitative estimate of drug-likeness (QED) is 0.868. The molecule has 2 saturated carbocycles. The Bertz CT molecular complexity index is 586. The molecule has 0 aliphatic heterocycles. The number of amides is 2. The Morgan fingerprint density at radius 1 is 1.17 bits per heavy atom. The molecule has 23 heavy (non-hydrogen) atoms. The van der Waals surface area contributed by atoms with Gasteiger partial charge in [-0.15, -0.1) is 0 Å². The number of carbonyl (C=O) groups excluding carboxylic acids is 2. The standard InChI is InChI=1S/C18H24N2O2S/c1-23-16-7-3-6-15(11-16)20-18(22)13-4-2-5-14(10-13)19-17(21)12-8-9-12/h2,4-5,10,12,15-16H,3,6-9,11H2,1H3,(H,19,21)(H,20,22)/t15-,16-/m1/s1. The molecule has 0 saturated heterocycles. The molecule has 3 rings (SSSR count). The minimum absolute atomic E-state index is 0.0423. The molecule has 0 bridgehead atoms. The smallest absolute Gasteiger partial charge is 0.251 e. The van der Waals surface area contributed by atoms with Crippen LogP contribution < -0.4 is 10.6 Å². The molecular weight excluding hydrogens is 308 g/mol. The average molecular weight is 332 g/mol. The summed E-state index contributed by atoms with van der Waals surface area (Å²) in [7, 11) is 0. The van der Waals surface area contributed by atoms with Gasteiger partial charge in [-0.3, -0.25) is 9.59 Å². The lowest BCUT2D eigenvalue weighted by atomic mass is 9.94. The van der Waals surface area contributed by atoms with Crippen LogP contribution in [-0.2, 0) is 4.79 Å². The van der Waals surface area contributed by atoms with Crippen molar-refractivity contribution >= 4 is 29.3 Å². The zero-order valence-electron chi connectivity index (χ0n) is 13.5. The number of hydrogen-bond acceptors (Lipinski definition) is 3. The fourth-order valence-electron chi connectivity index (χ4n) is 3.09. The first-order valence-electron chi connectivity index (χ1n) is 8.40. The summed E-state index contributed by atoms with van der Waals surface area (Å²) in [5.74, 6) is 0.190. The highest BCUT2D eigenvalue weighted by atomic mass is 32.2. The van der Waals surface area contributed by atoms with Crippen molar-refractivity contribution in [1.82, 2.24) is 5.32 Å². The van der Waals surface area contributed by atoms with Crippen LogP contribution in [-0.4, -0.2) is 29.4 Å². The molecule has 2 N–H and O–H groups in total. The van der Waals surface area contributed by atoms with Crippen molar-refractivity contribution in [3.8, 4) is 0 Å². The van der Waals surface area contributed by atoms with Gasteiger partial charge in [-0.1, -0.05) is 12.5 Å². The third-order valence-electron chi connectivity index (χ3n) is 4.64. The zero-order valence-corrected chi connectivity index (χ0v) is 14.3. The van der Waals surface area contributed by atoms with Gasteiger partial charge in [0.15, 0.2) is 0 Å². The normalized spacial score (nSPS) is 24.0. The molecule has 2 aliphatic rings. The lowest BCUT2D eigenvalue weighted by molar-refractivity contribution is -0.117. The Labute approximate surface area is 141 Å². The number of hydrogen-bond donors (Lipinski definition) is 2. The maximum atomic E-state index is 12.5. The summed E-state index contributed by atoms with van der Waals surface area (Å²) >= 11 is 1.89. The second-order valence-corrected chi connectivity index (χ2v) is 7.68. The summed E-state index contributed by atoms with van der Waals surface area (Å²) in [5, 5.41) is 6.70. The average Bonchev–Trinajstić information content (AvgIpc) is 3.40. The van der Waals surface area contributed by atoms with E-state index in [1.165, 1.54) is 12.8 Å². The predicted molar refractivity (Wildman–Crippen MR) is 94.8 cm³/mol. The van der Waals surface area contributed by atoms with Gasteiger partial charge in [-0.25, -0.2) is 0 Å². The van der Waals surface area contributed by atoms with Crippen LogP contribution in [0, 0.1) is 5.92 Å². The van der Waals surface area contributed by atoms with E-state index in [0.29, 0.717) is 16.5 Å². The first kappa shape index (κ1) is 16.4. The highest BCUT2D eigenvalue weighted by molar-refractivity contribution is 7.99. The largest absolute Gasteiger partial charge is 0.349 e. The number of benzene rings is 1. The maximum absolute atomic E-state index is 12.5. The maximum Gasteiger partial charge on any atom is 0.251 e. The van der Waals surface area contributed by atoms with E-state index in [1.54, 1.807) is 12.1 Å². The Morgan fingerprint density at radius 3 is 2.74 bits per heavy atom.